The number of carbonyl (C=O) groups is 1. The van der Waals surface area contributed by atoms with Crippen molar-refractivity contribution in [3.8, 4) is 0 Å². The lowest BCUT2D eigenvalue weighted by Gasteiger charge is -2.16. The van der Waals surface area contributed by atoms with Crippen molar-refractivity contribution in [3.63, 3.8) is 0 Å². The molecular formula is C12H19NO2. The van der Waals surface area contributed by atoms with E-state index in [2.05, 4.69) is 19.2 Å². The summed E-state index contributed by atoms with van der Waals surface area (Å²) in [5.74, 6) is 1.49. The predicted molar refractivity (Wildman–Crippen MR) is 59.9 cm³/mol. The number of furan rings is 1. The molecule has 3 nitrogen and oxygen atoms in total. The minimum atomic E-state index is -0.132. The summed E-state index contributed by atoms with van der Waals surface area (Å²) in [6.07, 6.45) is 0. The summed E-state index contributed by atoms with van der Waals surface area (Å²) in [5.41, 5.74) is 1.01. The predicted octanol–water partition coefficient (Wildman–Crippen LogP) is 2.67. The molecule has 1 heterocycles. The van der Waals surface area contributed by atoms with Gasteiger partial charge in [-0.15, -0.1) is 0 Å². The Hall–Kier alpha value is -1.25. The van der Waals surface area contributed by atoms with Crippen LogP contribution in [0.2, 0.25) is 0 Å². The normalized spacial score (nSPS) is 12.9. The molecule has 15 heavy (non-hydrogen) atoms. The van der Waals surface area contributed by atoms with Crippen molar-refractivity contribution in [3.05, 3.63) is 23.2 Å². The molecule has 1 rings (SSSR count). The van der Waals surface area contributed by atoms with E-state index in [0.29, 0.717) is 11.7 Å². The van der Waals surface area contributed by atoms with Crippen LogP contribution >= 0.6 is 0 Å². The van der Waals surface area contributed by atoms with E-state index in [-0.39, 0.29) is 11.9 Å². The van der Waals surface area contributed by atoms with Crippen LogP contribution in [-0.2, 0) is 0 Å². The lowest BCUT2D eigenvalue weighted by molar-refractivity contribution is 0.0901. The van der Waals surface area contributed by atoms with Crippen molar-refractivity contribution in [1.29, 1.82) is 0 Å². The number of carbonyl (C=O) groups excluding carboxylic acids is 1. The van der Waals surface area contributed by atoms with Crippen LogP contribution < -0.4 is 5.32 Å². The fourth-order valence-corrected chi connectivity index (χ4v) is 1.13. The molecular weight excluding hydrogens is 190 g/mol. The SMILES string of the molecule is Cc1cc(C(=O)NC(C)C(C)C)oc1C. The summed E-state index contributed by atoms with van der Waals surface area (Å²) in [6.45, 7) is 9.93. The van der Waals surface area contributed by atoms with Gasteiger partial charge < -0.3 is 9.73 Å². The van der Waals surface area contributed by atoms with Crippen LogP contribution in [0.25, 0.3) is 0 Å². The van der Waals surface area contributed by atoms with Crippen molar-refractivity contribution < 1.29 is 9.21 Å². The molecule has 1 atom stereocenters. The molecule has 1 unspecified atom stereocenters. The Morgan fingerprint density at radius 1 is 1.33 bits per heavy atom. The first kappa shape index (κ1) is 11.8. The molecule has 1 N–H and O–H groups in total. The second kappa shape index (κ2) is 4.51. The van der Waals surface area contributed by atoms with E-state index in [1.807, 2.05) is 20.8 Å². The van der Waals surface area contributed by atoms with Gasteiger partial charge in [-0.3, -0.25) is 4.79 Å². The summed E-state index contributed by atoms with van der Waals surface area (Å²) in [4.78, 5) is 11.7. The fraction of sp³-hybridized carbons (Fsp3) is 0.583. The van der Waals surface area contributed by atoms with Crippen molar-refractivity contribution in [2.24, 2.45) is 5.92 Å². The first-order valence-corrected chi connectivity index (χ1v) is 5.29. The van der Waals surface area contributed by atoms with Gasteiger partial charge in [0.15, 0.2) is 5.76 Å². The Morgan fingerprint density at radius 3 is 2.33 bits per heavy atom. The Balaban J connectivity index is 2.69. The largest absolute Gasteiger partial charge is 0.456 e. The maximum atomic E-state index is 11.7. The minimum absolute atomic E-state index is 0.132. The average Bonchev–Trinajstić information content (AvgIpc) is 2.46. The fourth-order valence-electron chi connectivity index (χ4n) is 1.13. The van der Waals surface area contributed by atoms with E-state index >= 15 is 0 Å². The second-order valence-electron chi connectivity index (χ2n) is 4.36. The van der Waals surface area contributed by atoms with Crippen molar-refractivity contribution in [2.45, 2.75) is 40.7 Å². The number of nitrogens with one attached hydrogen (secondary N) is 1. The molecule has 1 aromatic heterocycles. The molecule has 0 saturated heterocycles. The van der Waals surface area contributed by atoms with E-state index in [1.165, 1.54) is 0 Å². The van der Waals surface area contributed by atoms with Crippen molar-refractivity contribution >= 4 is 5.91 Å². The zero-order valence-corrected chi connectivity index (χ0v) is 10.0. The van der Waals surface area contributed by atoms with Gasteiger partial charge in [-0.2, -0.15) is 0 Å². The van der Waals surface area contributed by atoms with E-state index in [1.54, 1.807) is 6.07 Å². The highest BCUT2D eigenvalue weighted by Crippen LogP contribution is 2.13. The molecule has 0 saturated carbocycles. The molecule has 1 aromatic rings. The molecule has 0 aliphatic rings. The number of rotatable bonds is 3. The monoisotopic (exact) mass is 209 g/mol. The first-order valence-electron chi connectivity index (χ1n) is 5.29. The smallest absolute Gasteiger partial charge is 0.287 e. The van der Waals surface area contributed by atoms with Crippen LogP contribution in [0.5, 0.6) is 0 Å². The number of hydrogen-bond donors (Lipinski definition) is 1. The van der Waals surface area contributed by atoms with E-state index in [0.717, 1.165) is 11.3 Å². The molecule has 0 aromatic carbocycles. The van der Waals surface area contributed by atoms with Gasteiger partial charge in [0.25, 0.3) is 5.91 Å². The standard InChI is InChI=1S/C12H19NO2/c1-7(2)9(4)13-12(14)11-6-8(3)10(5)15-11/h6-7,9H,1-5H3,(H,13,14). The molecule has 0 aliphatic carbocycles. The second-order valence-corrected chi connectivity index (χ2v) is 4.36. The van der Waals surface area contributed by atoms with Crippen LogP contribution in [0.1, 0.15) is 42.6 Å². The zero-order valence-electron chi connectivity index (χ0n) is 10.0. The lowest BCUT2D eigenvalue weighted by atomic mass is 10.1. The summed E-state index contributed by atoms with van der Waals surface area (Å²) in [6, 6.07) is 1.93. The van der Waals surface area contributed by atoms with Crippen molar-refractivity contribution in [1.82, 2.24) is 5.32 Å². The average molecular weight is 209 g/mol. The summed E-state index contributed by atoms with van der Waals surface area (Å²) < 4.78 is 5.34. The van der Waals surface area contributed by atoms with E-state index < -0.39 is 0 Å². The molecule has 0 fully saturated rings. The van der Waals surface area contributed by atoms with E-state index in [9.17, 15) is 4.79 Å². The Kier molecular flexibility index (Phi) is 3.56. The highest BCUT2D eigenvalue weighted by molar-refractivity contribution is 5.91. The Bertz CT molecular complexity index is 333. The third-order valence-corrected chi connectivity index (χ3v) is 2.75. The summed E-state index contributed by atoms with van der Waals surface area (Å²) in [5, 5.41) is 2.90. The van der Waals surface area contributed by atoms with Crippen LogP contribution in [0.3, 0.4) is 0 Å². The highest BCUT2D eigenvalue weighted by Gasteiger charge is 2.16. The van der Waals surface area contributed by atoms with Gasteiger partial charge in [0, 0.05) is 6.04 Å². The lowest BCUT2D eigenvalue weighted by Crippen LogP contribution is -2.35. The third kappa shape index (κ3) is 2.85. The van der Waals surface area contributed by atoms with Gasteiger partial charge in [0.05, 0.1) is 0 Å². The Labute approximate surface area is 90.9 Å². The van der Waals surface area contributed by atoms with Gasteiger partial charge in [0.1, 0.15) is 5.76 Å². The van der Waals surface area contributed by atoms with Gasteiger partial charge in [-0.1, -0.05) is 13.8 Å². The number of amides is 1. The summed E-state index contributed by atoms with van der Waals surface area (Å²) in [7, 11) is 0. The van der Waals surface area contributed by atoms with E-state index in [4.69, 9.17) is 4.42 Å². The topological polar surface area (TPSA) is 42.2 Å². The van der Waals surface area contributed by atoms with Crippen LogP contribution in [0.4, 0.5) is 0 Å². The van der Waals surface area contributed by atoms with Gasteiger partial charge in [0.2, 0.25) is 0 Å². The molecule has 0 radical (unpaired) electrons. The van der Waals surface area contributed by atoms with Crippen molar-refractivity contribution in [2.75, 3.05) is 0 Å². The number of hydrogen-bond acceptors (Lipinski definition) is 2. The molecule has 0 aliphatic heterocycles. The minimum Gasteiger partial charge on any atom is -0.456 e. The van der Waals surface area contributed by atoms with Gasteiger partial charge in [-0.25, -0.2) is 0 Å². The third-order valence-electron chi connectivity index (χ3n) is 2.75. The number of aryl methyl sites for hydroxylation is 2. The maximum absolute atomic E-state index is 11.7. The molecule has 3 heteroatoms. The van der Waals surface area contributed by atoms with Gasteiger partial charge >= 0.3 is 0 Å². The molecule has 84 valence electrons. The van der Waals surface area contributed by atoms with Gasteiger partial charge in [-0.05, 0) is 38.3 Å². The van der Waals surface area contributed by atoms with Crippen LogP contribution in [0.15, 0.2) is 10.5 Å². The highest BCUT2D eigenvalue weighted by atomic mass is 16.3. The molecule has 1 amide bonds. The first-order chi connectivity index (χ1) is 6.91. The van der Waals surface area contributed by atoms with Crippen LogP contribution in [-0.4, -0.2) is 11.9 Å². The van der Waals surface area contributed by atoms with Crippen LogP contribution in [0, 0.1) is 19.8 Å². The molecule has 0 spiro atoms. The molecule has 0 bridgehead atoms. The Morgan fingerprint density at radius 2 is 1.93 bits per heavy atom. The maximum Gasteiger partial charge on any atom is 0.287 e. The summed E-state index contributed by atoms with van der Waals surface area (Å²) >= 11 is 0. The zero-order chi connectivity index (χ0) is 11.6. The quantitative estimate of drug-likeness (QED) is 0.831.